The lowest BCUT2D eigenvalue weighted by atomic mass is 9.99. The predicted molar refractivity (Wildman–Crippen MR) is 58.1 cm³/mol. The average molecular weight is 211 g/mol. The summed E-state index contributed by atoms with van der Waals surface area (Å²) in [4.78, 5) is 0. The molecule has 1 atom stereocenters. The fraction of sp³-hybridized carbons (Fsp3) is 0.455. The van der Waals surface area contributed by atoms with Crippen LogP contribution in [0.25, 0.3) is 0 Å². The van der Waals surface area contributed by atoms with Crippen molar-refractivity contribution in [3.63, 3.8) is 0 Å². The van der Waals surface area contributed by atoms with E-state index in [1.165, 1.54) is 0 Å². The van der Waals surface area contributed by atoms with Crippen LogP contribution < -0.4 is 10.5 Å². The van der Waals surface area contributed by atoms with Crippen LogP contribution in [0.2, 0.25) is 0 Å². The maximum atomic E-state index is 9.83. The van der Waals surface area contributed by atoms with E-state index in [9.17, 15) is 10.2 Å². The van der Waals surface area contributed by atoms with E-state index in [1.54, 1.807) is 20.1 Å². The van der Waals surface area contributed by atoms with E-state index in [4.69, 9.17) is 10.5 Å². The molecular formula is C11H17NO3. The fourth-order valence-electron chi connectivity index (χ4n) is 1.49. The van der Waals surface area contributed by atoms with Crippen molar-refractivity contribution in [2.75, 3.05) is 13.7 Å². The first-order chi connectivity index (χ1) is 7.02. The summed E-state index contributed by atoms with van der Waals surface area (Å²) >= 11 is 0. The molecule has 0 radical (unpaired) electrons. The lowest BCUT2D eigenvalue weighted by Gasteiger charge is -2.16. The first-order valence-corrected chi connectivity index (χ1v) is 4.78. The smallest absolute Gasteiger partial charge is 0.124 e. The number of phenols is 1. The Morgan fingerprint density at radius 2 is 2.00 bits per heavy atom. The quantitative estimate of drug-likeness (QED) is 0.697. The number of hydrogen-bond donors (Lipinski definition) is 3. The highest BCUT2D eigenvalue weighted by Crippen LogP contribution is 2.35. The molecule has 0 saturated carbocycles. The van der Waals surface area contributed by atoms with Crippen LogP contribution in [0.1, 0.15) is 22.8 Å². The number of methoxy groups -OCH3 is 1. The molecule has 0 spiro atoms. The molecule has 0 aliphatic heterocycles. The van der Waals surface area contributed by atoms with Crippen LogP contribution in [-0.2, 0) is 0 Å². The molecule has 1 aromatic rings. The summed E-state index contributed by atoms with van der Waals surface area (Å²) in [6.45, 7) is 3.70. The number of benzene rings is 1. The molecule has 4 N–H and O–H groups in total. The highest BCUT2D eigenvalue weighted by atomic mass is 16.5. The molecule has 1 rings (SSSR count). The monoisotopic (exact) mass is 211 g/mol. The van der Waals surface area contributed by atoms with Gasteiger partial charge in [0.15, 0.2) is 0 Å². The Morgan fingerprint density at radius 3 is 2.47 bits per heavy atom. The van der Waals surface area contributed by atoms with E-state index >= 15 is 0 Å². The molecule has 0 aromatic heterocycles. The van der Waals surface area contributed by atoms with Gasteiger partial charge in [0.05, 0.1) is 13.2 Å². The van der Waals surface area contributed by atoms with Gasteiger partial charge in [-0.05, 0) is 31.0 Å². The van der Waals surface area contributed by atoms with Crippen molar-refractivity contribution in [2.45, 2.75) is 20.0 Å². The molecule has 0 fully saturated rings. The maximum absolute atomic E-state index is 9.83. The maximum Gasteiger partial charge on any atom is 0.124 e. The Morgan fingerprint density at radius 1 is 1.40 bits per heavy atom. The second-order valence-corrected chi connectivity index (χ2v) is 3.52. The number of aromatic hydroxyl groups is 1. The van der Waals surface area contributed by atoms with Crippen LogP contribution in [0, 0.1) is 13.8 Å². The van der Waals surface area contributed by atoms with E-state index in [-0.39, 0.29) is 12.3 Å². The number of hydrogen-bond acceptors (Lipinski definition) is 4. The van der Waals surface area contributed by atoms with Gasteiger partial charge in [-0.3, -0.25) is 0 Å². The molecule has 1 aromatic carbocycles. The van der Waals surface area contributed by atoms with Crippen LogP contribution in [0.4, 0.5) is 0 Å². The minimum Gasteiger partial charge on any atom is -0.507 e. The Bertz CT molecular complexity index is 363. The third-order valence-corrected chi connectivity index (χ3v) is 2.65. The summed E-state index contributed by atoms with van der Waals surface area (Å²) in [5.74, 6) is 0.735. The molecule has 0 aliphatic carbocycles. The molecule has 0 amide bonds. The van der Waals surface area contributed by atoms with E-state index in [1.807, 2.05) is 6.92 Å². The molecule has 0 bridgehead atoms. The zero-order chi connectivity index (χ0) is 11.6. The van der Waals surface area contributed by atoms with E-state index in [0.717, 1.165) is 5.56 Å². The summed E-state index contributed by atoms with van der Waals surface area (Å²) in [6, 6.07) is 1.62. The van der Waals surface area contributed by atoms with Gasteiger partial charge in [0.25, 0.3) is 0 Å². The van der Waals surface area contributed by atoms with Gasteiger partial charge >= 0.3 is 0 Å². The third-order valence-electron chi connectivity index (χ3n) is 2.65. The third kappa shape index (κ3) is 2.06. The SMILES string of the molecule is COc1cc(C(O)CN)c(O)c(C)c1C. The van der Waals surface area contributed by atoms with Crippen molar-refractivity contribution in [3.05, 3.63) is 22.8 Å². The Balaban J connectivity index is 3.35. The van der Waals surface area contributed by atoms with Crippen molar-refractivity contribution in [3.8, 4) is 11.5 Å². The Hall–Kier alpha value is -1.26. The second-order valence-electron chi connectivity index (χ2n) is 3.52. The molecule has 4 heteroatoms. The minimum atomic E-state index is -0.863. The molecule has 0 saturated heterocycles. The lowest BCUT2D eigenvalue weighted by molar-refractivity contribution is 0.182. The second kappa shape index (κ2) is 4.51. The van der Waals surface area contributed by atoms with E-state index in [2.05, 4.69) is 0 Å². The van der Waals surface area contributed by atoms with Crippen LogP contribution in [0.5, 0.6) is 11.5 Å². The number of ether oxygens (including phenoxy) is 1. The van der Waals surface area contributed by atoms with Gasteiger partial charge in [-0.1, -0.05) is 0 Å². The summed E-state index contributed by atoms with van der Waals surface area (Å²) < 4.78 is 5.15. The summed E-state index contributed by atoms with van der Waals surface area (Å²) in [5.41, 5.74) is 7.33. The summed E-state index contributed by atoms with van der Waals surface area (Å²) in [7, 11) is 1.55. The molecule has 1 unspecified atom stereocenters. The van der Waals surface area contributed by atoms with Gasteiger partial charge in [0.2, 0.25) is 0 Å². The normalized spacial score (nSPS) is 12.6. The van der Waals surface area contributed by atoms with Crippen molar-refractivity contribution in [1.29, 1.82) is 0 Å². The standard InChI is InChI=1S/C11H17NO3/c1-6-7(2)11(14)8(9(13)5-12)4-10(6)15-3/h4,9,13-14H,5,12H2,1-3H3. The predicted octanol–water partition coefficient (Wildman–Crippen LogP) is 1.01. The van der Waals surface area contributed by atoms with Crippen molar-refractivity contribution in [1.82, 2.24) is 0 Å². The summed E-state index contributed by atoms with van der Waals surface area (Å²) in [6.07, 6.45) is -0.863. The van der Waals surface area contributed by atoms with Gasteiger partial charge in [0.1, 0.15) is 11.5 Å². The van der Waals surface area contributed by atoms with E-state index < -0.39 is 6.10 Å². The Labute approximate surface area is 89.3 Å². The highest BCUT2D eigenvalue weighted by Gasteiger charge is 2.17. The van der Waals surface area contributed by atoms with Gasteiger partial charge in [0, 0.05) is 12.1 Å². The zero-order valence-electron chi connectivity index (χ0n) is 9.24. The van der Waals surface area contributed by atoms with Crippen molar-refractivity contribution < 1.29 is 14.9 Å². The molecule has 0 heterocycles. The number of phenolic OH excluding ortho intramolecular Hbond substituents is 1. The van der Waals surface area contributed by atoms with Gasteiger partial charge < -0.3 is 20.7 Å². The topological polar surface area (TPSA) is 75.7 Å². The van der Waals surface area contributed by atoms with Crippen LogP contribution in [0.15, 0.2) is 6.07 Å². The first kappa shape index (κ1) is 11.8. The Kier molecular flexibility index (Phi) is 3.55. The first-order valence-electron chi connectivity index (χ1n) is 4.78. The van der Waals surface area contributed by atoms with E-state index in [0.29, 0.717) is 16.9 Å². The summed E-state index contributed by atoms with van der Waals surface area (Å²) in [5, 5.41) is 19.4. The van der Waals surface area contributed by atoms with Gasteiger partial charge in [-0.2, -0.15) is 0 Å². The lowest BCUT2D eigenvalue weighted by Crippen LogP contribution is -2.12. The molecular weight excluding hydrogens is 194 g/mol. The largest absolute Gasteiger partial charge is 0.507 e. The van der Waals surface area contributed by atoms with Gasteiger partial charge in [-0.25, -0.2) is 0 Å². The fourth-order valence-corrected chi connectivity index (χ4v) is 1.49. The van der Waals surface area contributed by atoms with Crippen molar-refractivity contribution in [2.24, 2.45) is 5.73 Å². The molecule has 15 heavy (non-hydrogen) atoms. The molecule has 0 aliphatic rings. The number of nitrogens with two attached hydrogens (primary N) is 1. The van der Waals surface area contributed by atoms with Crippen LogP contribution >= 0.6 is 0 Å². The minimum absolute atomic E-state index is 0.0687. The highest BCUT2D eigenvalue weighted by molar-refractivity contribution is 5.52. The van der Waals surface area contributed by atoms with Crippen LogP contribution in [0.3, 0.4) is 0 Å². The number of aliphatic hydroxyl groups is 1. The van der Waals surface area contributed by atoms with Crippen molar-refractivity contribution >= 4 is 0 Å². The zero-order valence-corrected chi connectivity index (χ0v) is 9.24. The number of aliphatic hydroxyl groups excluding tert-OH is 1. The van der Waals surface area contributed by atoms with Gasteiger partial charge in [-0.15, -0.1) is 0 Å². The molecule has 84 valence electrons. The number of rotatable bonds is 3. The van der Waals surface area contributed by atoms with Crippen LogP contribution in [-0.4, -0.2) is 23.9 Å². The average Bonchev–Trinajstić information content (AvgIpc) is 2.25. The molecule has 4 nitrogen and oxygen atoms in total.